The maximum atomic E-state index is 10.7. The summed E-state index contributed by atoms with van der Waals surface area (Å²) in [6.07, 6.45) is 3.49. The van der Waals surface area contributed by atoms with Crippen molar-refractivity contribution in [1.29, 1.82) is 0 Å². The molecule has 1 aliphatic heterocycles. The fourth-order valence-corrected chi connectivity index (χ4v) is 1.50. The van der Waals surface area contributed by atoms with Crippen LogP contribution in [0.25, 0.3) is 0 Å². The Balaban J connectivity index is 2.13. The number of hydrogen-bond donors (Lipinski definition) is 1. The molecule has 1 aromatic heterocycles. The van der Waals surface area contributed by atoms with Crippen LogP contribution in [-0.4, -0.2) is 26.8 Å². The minimum absolute atomic E-state index is 0.0353. The molecule has 2 atom stereocenters. The van der Waals surface area contributed by atoms with Crippen molar-refractivity contribution in [3.8, 4) is 0 Å². The highest BCUT2D eigenvalue weighted by molar-refractivity contribution is 5.88. The molecule has 2 N–H and O–H groups in total. The molecule has 0 aromatic carbocycles. The number of ether oxygens (including phenoxy) is 1. The van der Waals surface area contributed by atoms with Crippen molar-refractivity contribution < 1.29 is 9.53 Å². The molecular formula is C8H12N4O2. The number of nitrogens with two attached hydrogens (primary N) is 1. The molecule has 2 heterocycles. The summed E-state index contributed by atoms with van der Waals surface area (Å²) >= 11 is 0. The summed E-state index contributed by atoms with van der Waals surface area (Å²) in [5.41, 5.74) is 5.03. The van der Waals surface area contributed by atoms with Crippen molar-refractivity contribution in [3.05, 3.63) is 12.2 Å². The van der Waals surface area contributed by atoms with E-state index in [0.717, 1.165) is 12.8 Å². The monoisotopic (exact) mass is 196 g/mol. The Morgan fingerprint density at radius 3 is 3.00 bits per heavy atom. The molecule has 2 rings (SSSR count). The van der Waals surface area contributed by atoms with Gasteiger partial charge in [-0.2, -0.15) is 0 Å². The Labute approximate surface area is 81.1 Å². The first-order valence-corrected chi connectivity index (χ1v) is 4.53. The van der Waals surface area contributed by atoms with Crippen LogP contribution in [0.4, 0.5) is 0 Å². The fraction of sp³-hybridized carbons (Fsp3) is 0.625. The highest BCUT2D eigenvalue weighted by Crippen LogP contribution is 2.26. The van der Waals surface area contributed by atoms with E-state index in [1.54, 1.807) is 4.68 Å². The second-order valence-electron chi connectivity index (χ2n) is 3.39. The Morgan fingerprint density at radius 1 is 1.71 bits per heavy atom. The van der Waals surface area contributed by atoms with Crippen LogP contribution in [0.3, 0.4) is 0 Å². The van der Waals surface area contributed by atoms with Gasteiger partial charge in [-0.15, -0.1) is 5.10 Å². The van der Waals surface area contributed by atoms with Crippen molar-refractivity contribution >= 4 is 5.91 Å². The number of nitrogens with zero attached hydrogens (tertiary/aromatic N) is 3. The van der Waals surface area contributed by atoms with E-state index >= 15 is 0 Å². The number of carbonyl (C=O) groups excluding carboxylic acids is 1. The van der Waals surface area contributed by atoms with Crippen LogP contribution in [0.2, 0.25) is 0 Å². The molecule has 0 saturated carbocycles. The minimum Gasteiger partial charge on any atom is -0.363 e. The van der Waals surface area contributed by atoms with Crippen molar-refractivity contribution in [2.75, 3.05) is 0 Å². The van der Waals surface area contributed by atoms with Crippen LogP contribution in [-0.2, 0) is 4.74 Å². The molecule has 1 amide bonds. The van der Waals surface area contributed by atoms with Crippen LogP contribution in [0.5, 0.6) is 0 Å². The zero-order valence-corrected chi connectivity index (χ0v) is 7.88. The van der Waals surface area contributed by atoms with E-state index in [-0.39, 0.29) is 18.2 Å². The van der Waals surface area contributed by atoms with Crippen molar-refractivity contribution in [2.24, 2.45) is 5.73 Å². The third kappa shape index (κ3) is 1.60. The van der Waals surface area contributed by atoms with Crippen LogP contribution in [0.1, 0.15) is 36.6 Å². The predicted molar refractivity (Wildman–Crippen MR) is 47.4 cm³/mol. The van der Waals surface area contributed by atoms with Gasteiger partial charge in [-0.25, -0.2) is 9.67 Å². The first-order chi connectivity index (χ1) is 6.66. The molecular weight excluding hydrogens is 184 g/mol. The molecule has 6 nitrogen and oxygen atoms in total. The second-order valence-corrected chi connectivity index (χ2v) is 3.39. The maximum Gasteiger partial charge on any atom is 0.288 e. The standard InChI is InChI=1S/C8H12N4O2/c1-5-2-3-6(14-5)12-4-10-8(11-12)7(9)13/h4-6H,2-3H2,1H3,(H2,9,13). The van der Waals surface area contributed by atoms with Gasteiger partial charge in [0.2, 0.25) is 5.82 Å². The van der Waals surface area contributed by atoms with E-state index in [9.17, 15) is 4.79 Å². The summed E-state index contributed by atoms with van der Waals surface area (Å²) in [4.78, 5) is 14.5. The molecule has 1 saturated heterocycles. The number of aromatic nitrogens is 3. The molecule has 1 fully saturated rings. The number of amides is 1. The van der Waals surface area contributed by atoms with Crippen molar-refractivity contribution in [2.45, 2.75) is 32.1 Å². The third-order valence-electron chi connectivity index (χ3n) is 2.23. The van der Waals surface area contributed by atoms with Gasteiger partial charge in [0.05, 0.1) is 6.10 Å². The van der Waals surface area contributed by atoms with E-state index in [2.05, 4.69) is 10.1 Å². The predicted octanol–water partition coefficient (Wildman–Crippen LogP) is 0.0745. The van der Waals surface area contributed by atoms with Gasteiger partial charge in [0.1, 0.15) is 6.33 Å². The third-order valence-corrected chi connectivity index (χ3v) is 2.23. The summed E-state index contributed by atoms with van der Waals surface area (Å²) in [5, 5.41) is 3.93. The van der Waals surface area contributed by atoms with E-state index in [1.165, 1.54) is 6.33 Å². The normalized spacial score (nSPS) is 26.6. The van der Waals surface area contributed by atoms with Gasteiger partial charge >= 0.3 is 0 Å². The number of carbonyl (C=O) groups is 1. The number of hydrogen-bond acceptors (Lipinski definition) is 4. The fourth-order valence-electron chi connectivity index (χ4n) is 1.50. The van der Waals surface area contributed by atoms with Gasteiger partial charge in [0.25, 0.3) is 5.91 Å². The SMILES string of the molecule is CC1CCC(n2cnc(C(N)=O)n2)O1. The molecule has 0 bridgehead atoms. The van der Waals surface area contributed by atoms with Gasteiger partial charge < -0.3 is 10.5 Å². The maximum absolute atomic E-state index is 10.7. The first-order valence-electron chi connectivity index (χ1n) is 4.53. The smallest absolute Gasteiger partial charge is 0.288 e. The van der Waals surface area contributed by atoms with Gasteiger partial charge in [-0.3, -0.25) is 4.79 Å². The minimum atomic E-state index is -0.616. The molecule has 76 valence electrons. The lowest BCUT2D eigenvalue weighted by Gasteiger charge is -2.09. The molecule has 0 spiro atoms. The molecule has 1 aromatic rings. The Morgan fingerprint density at radius 2 is 2.50 bits per heavy atom. The average Bonchev–Trinajstić information content (AvgIpc) is 2.70. The van der Waals surface area contributed by atoms with Crippen LogP contribution < -0.4 is 5.73 Å². The lowest BCUT2D eigenvalue weighted by Crippen LogP contribution is -2.15. The van der Waals surface area contributed by atoms with E-state index in [0.29, 0.717) is 0 Å². The number of rotatable bonds is 2. The summed E-state index contributed by atoms with van der Waals surface area (Å²) in [5.74, 6) is -0.581. The summed E-state index contributed by atoms with van der Waals surface area (Å²) in [7, 11) is 0. The zero-order chi connectivity index (χ0) is 10.1. The molecule has 6 heteroatoms. The molecule has 0 aliphatic carbocycles. The molecule has 0 radical (unpaired) electrons. The highest BCUT2D eigenvalue weighted by atomic mass is 16.5. The van der Waals surface area contributed by atoms with Gasteiger partial charge in [-0.05, 0) is 19.8 Å². The van der Waals surface area contributed by atoms with Gasteiger partial charge in [-0.1, -0.05) is 0 Å². The second kappa shape index (κ2) is 3.38. The zero-order valence-electron chi connectivity index (χ0n) is 7.88. The lowest BCUT2D eigenvalue weighted by atomic mass is 10.2. The first kappa shape index (κ1) is 9.14. The highest BCUT2D eigenvalue weighted by Gasteiger charge is 2.24. The summed E-state index contributed by atoms with van der Waals surface area (Å²) in [6.45, 7) is 2.01. The van der Waals surface area contributed by atoms with Gasteiger partial charge in [0.15, 0.2) is 6.23 Å². The van der Waals surface area contributed by atoms with E-state index in [1.807, 2.05) is 6.92 Å². The Kier molecular flexibility index (Phi) is 2.20. The average molecular weight is 196 g/mol. The van der Waals surface area contributed by atoms with E-state index < -0.39 is 5.91 Å². The van der Waals surface area contributed by atoms with Crippen LogP contribution >= 0.6 is 0 Å². The quantitative estimate of drug-likeness (QED) is 0.725. The number of primary amides is 1. The van der Waals surface area contributed by atoms with Crippen LogP contribution in [0, 0.1) is 0 Å². The Hall–Kier alpha value is -1.43. The largest absolute Gasteiger partial charge is 0.363 e. The van der Waals surface area contributed by atoms with Crippen molar-refractivity contribution in [3.63, 3.8) is 0 Å². The Bertz CT molecular complexity index is 349. The molecule has 1 aliphatic rings. The molecule has 2 unspecified atom stereocenters. The summed E-state index contributed by atoms with van der Waals surface area (Å²) in [6, 6.07) is 0. The van der Waals surface area contributed by atoms with Crippen LogP contribution in [0.15, 0.2) is 6.33 Å². The van der Waals surface area contributed by atoms with Crippen molar-refractivity contribution in [1.82, 2.24) is 14.8 Å². The van der Waals surface area contributed by atoms with Gasteiger partial charge in [0, 0.05) is 0 Å². The molecule has 14 heavy (non-hydrogen) atoms. The van der Waals surface area contributed by atoms with E-state index in [4.69, 9.17) is 10.5 Å². The lowest BCUT2D eigenvalue weighted by molar-refractivity contribution is 0.00291. The topological polar surface area (TPSA) is 83.0 Å². The summed E-state index contributed by atoms with van der Waals surface area (Å²) < 4.78 is 7.09.